The second kappa shape index (κ2) is 3.48. The maximum atomic E-state index is 5.94. The van der Waals surface area contributed by atoms with E-state index in [2.05, 4.69) is 18.2 Å². The van der Waals surface area contributed by atoms with E-state index in [-0.39, 0.29) is 6.04 Å². The third-order valence-electron chi connectivity index (χ3n) is 2.67. The van der Waals surface area contributed by atoms with Crippen molar-refractivity contribution >= 4 is 0 Å². The smallest absolute Gasteiger partial charge is 0.0422 e. The van der Waals surface area contributed by atoms with Gasteiger partial charge in [-0.1, -0.05) is 24.3 Å². The van der Waals surface area contributed by atoms with Crippen molar-refractivity contribution in [2.45, 2.75) is 24.8 Å². The minimum Gasteiger partial charge on any atom is -0.329 e. The standard InChI is InChI=1S/C11H16N2/c12-7-11(13)10-4-2-1-3-9(10)8-5-6-8/h1-4,8,11H,5-7,12-13H2. The minimum absolute atomic E-state index is 0.0109. The maximum absolute atomic E-state index is 5.94. The predicted molar refractivity (Wildman–Crippen MR) is 54.4 cm³/mol. The molecule has 1 fully saturated rings. The lowest BCUT2D eigenvalue weighted by atomic mass is 9.98. The van der Waals surface area contributed by atoms with Gasteiger partial charge in [0.25, 0.3) is 0 Å². The Morgan fingerprint density at radius 1 is 1.31 bits per heavy atom. The van der Waals surface area contributed by atoms with Crippen molar-refractivity contribution in [3.05, 3.63) is 35.4 Å². The van der Waals surface area contributed by atoms with Crippen LogP contribution in [0.1, 0.15) is 35.9 Å². The first-order valence-electron chi connectivity index (χ1n) is 4.87. The summed E-state index contributed by atoms with van der Waals surface area (Å²) in [5.41, 5.74) is 14.2. The molecule has 0 aromatic heterocycles. The van der Waals surface area contributed by atoms with Crippen molar-refractivity contribution < 1.29 is 0 Å². The molecule has 0 aliphatic heterocycles. The molecule has 1 unspecified atom stereocenters. The topological polar surface area (TPSA) is 52.0 Å². The molecule has 0 radical (unpaired) electrons. The molecule has 0 spiro atoms. The molecule has 1 saturated carbocycles. The lowest BCUT2D eigenvalue weighted by Crippen LogP contribution is -2.21. The Balaban J connectivity index is 2.31. The van der Waals surface area contributed by atoms with Crippen LogP contribution >= 0.6 is 0 Å². The van der Waals surface area contributed by atoms with Crippen LogP contribution in [0.4, 0.5) is 0 Å². The summed E-state index contributed by atoms with van der Waals surface area (Å²) in [7, 11) is 0. The largest absolute Gasteiger partial charge is 0.329 e. The Labute approximate surface area is 78.9 Å². The van der Waals surface area contributed by atoms with Crippen LogP contribution in [0.2, 0.25) is 0 Å². The molecule has 1 atom stereocenters. The van der Waals surface area contributed by atoms with Gasteiger partial charge in [-0.3, -0.25) is 0 Å². The zero-order valence-corrected chi connectivity index (χ0v) is 7.74. The Morgan fingerprint density at radius 2 is 2.00 bits per heavy atom. The average molecular weight is 176 g/mol. The summed E-state index contributed by atoms with van der Waals surface area (Å²) in [6.45, 7) is 0.531. The minimum atomic E-state index is 0.0109. The van der Waals surface area contributed by atoms with E-state index in [1.165, 1.54) is 24.0 Å². The molecule has 0 saturated heterocycles. The van der Waals surface area contributed by atoms with Gasteiger partial charge in [-0.05, 0) is 29.9 Å². The molecule has 2 heteroatoms. The van der Waals surface area contributed by atoms with Gasteiger partial charge in [-0.25, -0.2) is 0 Å². The van der Waals surface area contributed by atoms with Crippen molar-refractivity contribution in [2.24, 2.45) is 11.5 Å². The quantitative estimate of drug-likeness (QED) is 0.733. The van der Waals surface area contributed by atoms with E-state index in [4.69, 9.17) is 11.5 Å². The highest BCUT2D eigenvalue weighted by Gasteiger charge is 2.26. The van der Waals surface area contributed by atoms with E-state index in [9.17, 15) is 0 Å². The van der Waals surface area contributed by atoms with E-state index < -0.39 is 0 Å². The number of benzene rings is 1. The average Bonchev–Trinajstić information content (AvgIpc) is 3.00. The fourth-order valence-electron chi connectivity index (χ4n) is 1.74. The van der Waals surface area contributed by atoms with E-state index in [1.54, 1.807) is 0 Å². The fraction of sp³-hybridized carbons (Fsp3) is 0.455. The monoisotopic (exact) mass is 176 g/mol. The summed E-state index contributed by atoms with van der Waals surface area (Å²) in [6, 6.07) is 8.42. The van der Waals surface area contributed by atoms with Crippen LogP contribution in [0.25, 0.3) is 0 Å². The van der Waals surface area contributed by atoms with Gasteiger partial charge in [0.2, 0.25) is 0 Å². The molecule has 2 rings (SSSR count). The summed E-state index contributed by atoms with van der Waals surface area (Å²) in [4.78, 5) is 0. The van der Waals surface area contributed by atoms with Gasteiger partial charge in [0.1, 0.15) is 0 Å². The second-order valence-corrected chi connectivity index (χ2v) is 3.75. The van der Waals surface area contributed by atoms with E-state index in [1.807, 2.05) is 6.07 Å². The SMILES string of the molecule is NCC(N)c1ccccc1C1CC1. The Morgan fingerprint density at radius 3 is 2.62 bits per heavy atom. The van der Waals surface area contributed by atoms with Crippen LogP contribution in [0, 0.1) is 0 Å². The highest BCUT2D eigenvalue weighted by atomic mass is 14.7. The van der Waals surface area contributed by atoms with Gasteiger partial charge in [-0.15, -0.1) is 0 Å². The third kappa shape index (κ3) is 1.74. The van der Waals surface area contributed by atoms with Crippen LogP contribution < -0.4 is 11.5 Å². The molecule has 70 valence electrons. The van der Waals surface area contributed by atoms with Crippen molar-refractivity contribution in [1.82, 2.24) is 0 Å². The molecule has 0 bridgehead atoms. The van der Waals surface area contributed by atoms with Crippen molar-refractivity contribution in [3.63, 3.8) is 0 Å². The van der Waals surface area contributed by atoms with Gasteiger partial charge in [0.05, 0.1) is 0 Å². The van der Waals surface area contributed by atoms with E-state index in [0.717, 1.165) is 5.92 Å². The zero-order valence-electron chi connectivity index (χ0n) is 7.74. The first kappa shape index (κ1) is 8.73. The highest BCUT2D eigenvalue weighted by Crippen LogP contribution is 2.42. The van der Waals surface area contributed by atoms with E-state index in [0.29, 0.717) is 6.54 Å². The van der Waals surface area contributed by atoms with Crippen LogP contribution in [0.3, 0.4) is 0 Å². The molecular weight excluding hydrogens is 160 g/mol. The third-order valence-corrected chi connectivity index (χ3v) is 2.67. The Bertz CT molecular complexity index is 292. The lowest BCUT2D eigenvalue weighted by Gasteiger charge is -2.13. The molecule has 13 heavy (non-hydrogen) atoms. The van der Waals surface area contributed by atoms with Crippen molar-refractivity contribution in [1.29, 1.82) is 0 Å². The Hall–Kier alpha value is -0.860. The zero-order chi connectivity index (χ0) is 9.26. The van der Waals surface area contributed by atoms with Crippen molar-refractivity contribution in [3.8, 4) is 0 Å². The normalized spacial score (nSPS) is 18.6. The molecule has 1 aliphatic carbocycles. The van der Waals surface area contributed by atoms with Gasteiger partial charge >= 0.3 is 0 Å². The molecule has 1 aromatic carbocycles. The number of rotatable bonds is 3. The summed E-state index contributed by atoms with van der Waals surface area (Å²) < 4.78 is 0. The molecule has 2 nitrogen and oxygen atoms in total. The lowest BCUT2D eigenvalue weighted by molar-refractivity contribution is 0.726. The molecule has 0 amide bonds. The molecule has 4 N–H and O–H groups in total. The van der Waals surface area contributed by atoms with Crippen molar-refractivity contribution in [2.75, 3.05) is 6.54 Å². The summed E-state index contributed by atoms with van der Waals surface area (Å²) in [5, 5.41) is 0. The molecule has 1 aromatic rings. The first-order chi connectivity index (χ1) is 6.33. The summed E-state index contributed by atoms with van der Waals surface area (Å²) in [6.07, 6.45) is 2.63. The second-order valence-electron chi connectivity index (χ2n) is 3.75. The molecular formula is C11H16N2. The number of nitrogens with two attached hydrogens (primary N) is 2. The predicted octanol–water partition coefficient (Wildman–Crippen LogP) is 1.52. The number of hydrogen-bond donors (Lipinski definition) is 2. The number of hydrogen-bond acceptors (Lipinski definition) is 2. The van der Waals surface area contributed by atoms with Crippen LogP contribution in [0.5, 0.6) is 0 Å². The highest BCUT2D eigenvalue weighted by molar-refractivity contribution is 5.35. The van der Waals surface area contributed by atoms with Gasteiger partial charge in [-0.2, -0.15) is 0 Å². The fourth-order valence-corrected chi connectivity index (χ4v) is 1.74. The summed E-state index contributed by atoms with van der Waals surface area (Å²) in [5.74, 6) is 0.758. The van der Waals surface area contributed by atoms with E-state index >= 15 is 0 Å². The van der Waals surface area contributed by atoms with Gasteiger partial charge in [0.15, 0.2) is 0 Å². The van der Waals surface area contributed by atoms with Crippen LogP contribution in [0.15, 0.2) is 24.3 Å². The molecule has 0 heterocycles. The van der Waals surface area contributed by atoms with Gasteiger partial charge in [0, 0.05) is 12.6 Å². The first-order valence-corrected chi connectivity index (χ1v) is 4.87. The summed E-state index contributed by atoms with van der Waals surface area (Å²) >= 11 is 0. The van der Waals surface area contributed by atoms with Crippen LogP contribution in [-0.2, 0) is 0 Å². The van der Waals surface area contributed by atoms with Crippen LogP contribution in [-0.4, -0.2) is 6.54 Å². The Kier molecular flexibility index (Phi) is 2.34. The maximum Gasteiger partial charge on any atom is 0.0422 e. The van der Waals surface area contributed by atoms with Gasteiger partial charge < -0.3 is 11.5 Å². The molecule has 1 aliphatic rings.